The van der Waals surface area contributed by atoms with Crippen LogP contribution in [0.3, 0.4) is 0 Å². The highest BCUT2D eigenvalue weighted by atomic mass is 35.5. The maximum atomic E-state index is 12.9. The molecule has 158 valence electrons. The SMILES string of the molecule is CCCCCN1C(=O)C(=O)/C(=C(\O)c2cccc(Cl)c2)C1c1ccc(OC)c(O)c1. The Bertz CT molecular complexity index is 1000. The molecular weight excluding hydrogens is 406 g/mol. The van der Waals surface area contributed by atoms with Crippen molar-refractivity contribution < 1.29 is 24.5 Å². The lowest BCUT2D eigenvalue weighted by Gasteiger charge is -2.25. The molecule has 0 bridgehead atoms. The van der Waals surface area contributed by atoms with Crippen LogP contribution in [0.25, 0.3) is 5.76 Å². The van der Waals surface area contributed by atoms with E-state index in [1.54, 1.807) is 30.3 Å². The van der Waals surface area contributed by atoms with E-state index in [2.05, 4.69) is 0 Å². The zero-order valence-corrected chi connectivity index (χ0v) is 17.6. The number of carbonyl (C=O) groups is 2. The highest BCUT2D eigenvalue weighted by Gasteiger charge is 2.46. The molecule has 1 aliphatic rings. The molecule has 30 heavy (non-hydrogen) atoms. The van der Waals surface area contributed by atoms with E-state index in [1.165, 1.54) is 24.1 Å². The minimum absolute atomic E-state index is 0.0247. The van der Waals surface area contributed by atoms with Crippen molar-refractivity contribution in [3.63, 3.8) is 0 Å². The number of aliphatic hydroxyl groups is 1. The quantitative estimate of drug-likeness (QED) is 0.289. The smallest absolute Gasteiger partial charge is 0.295 e. The number of aromatic hydroxyl groups is 1. The van der Waals surface area contributed by atoms with Gasteiger partial charge in [-0.05, 0) is 36.2 Å². The summed E-state index contributed by atoms with van der Waals surface area (Å²) in [6.07, 6.45) is 2.58. The molecule has 0 aliphatic carbocycles. The van der Waals surface area contributed by atoms with Gasteiger partial charge in [0.05, 0.1) is 18.7 Å². The highest BCUT2D eigenvalue weighted by Crippen LogP contribution is 2.42. The molecule has 0 radical (unpaired) electrons. The minimum Gasteiger partial charge on any atom is -0.507 e. The van der Waals surface area contributed by atoms with Crippen molar-refractivity contribution in [2.75, 3.05) is 13.7 Å². The van der Waals surface area contributed by atoms with Gasteiger partial charge in [-0.15, -0.1) is 0 Å². The molecule has 1 saturated heterocycles. The number of ether oxygens (including phenoxy) is 1. The lowest BCUT2D eigenvalue weighted by molar-refractivity contribution is -0.139. The normalized spacial score (nSPS) is 18.1. The average Bonchev–Trinajstić information content (AvgIpc) is 2.98. The maximum Gasteiger partial charge on any atom is 0.295 e. The lowest BCUT2D eigenvalue weighted by atomic mass is 9.95. The third-order valence-electron chi connectivity index (χ3n) is 5.16. The predicted octanol–water partition coefficient (Wildman–Crippen LogP) is 4.67. The molecule has 2 N–H and O–H groups in total. The molecule has 0 spiro atoms. The molecule has 6 nitrogen and oxygen atoms in total. The van der Waals surface area contributed by atoms with Crippen molar-refractivity contribution in [1.82, 2.24) is 4.90 Å². The van der Waals surface area contributed by atoms with E-state index < -0.39 is 17.7 Å². The molecule has 2 aromatic carbocycles. The molecule has 1 aliphatic heterocycles. The van der Waals surface area contributed by atoms with E-state index >= 15 is 0 Å². The van der Waals surface area contributed by atoms with Crippen molar-refractivity contribution in [2.45, 2.75) is 32.2 Å². The molecule has 1 fully saturated rings. The number of phenolic OH excluding ortho intramolecular Hbond substituents is 1. The van der Waals surface area contributed by atoms with Crippen LogP contribution < -0.4 is 4.74 Å². The molecule has 0 saturated carbocycles. The third-order valence-corrected chi connectivity index (χ3v) is 5.39. The van der Waals surface area contributed by atoms with Crippen molar-refractivity contribution in [2.24, 2.45) is 0 Å². The minimum atomic E-state index is -0.822. The molecule has 1 amide bonds. The van der Waals surface area contributed by atoms with E-state index in [-0.39, 0.29) is 22.8 Å². The number of Topliss-reactive ketones (excluding diaryl/α,β-unsaturated/α-hetero) is 1. The highest BCUT2D eigenvalue weighted by molar-refractivity contribution is 6.46. The summed E-state index contributed by atoms with van der Waals surface area (Å²) in [6, 6.07) is 10.3. The number of hydrogen-bond acceptors (Lipinski definition) is 5. The first-order valence-electron chi connectivity index (χ1n) is 9.80. The Labute approximate surface area is 180 Å². The van der Waals surface area contributed by atoms with Gasteiger partial charge in [-0.1, -0.05) is 49.6 Å². The molecule has 0 aromatic heterocycles. The second kappa shape index (κ2) is 9.22. The number of halogens is 1. The van der Waals surface area contributed by atoms with Crippen LogP contribution in [0.5, 0.6) is 11.5 Å². The molecular formula is C23H24ClNO5. The standard InChI is InChI=1S/C23H24ClNO5/c1-3-4-5-11-25-20(14-9-10-18(30-2)17(26)13-14)19(22(28)23(25)29)21(27)15-7-6-8-16(24)12-15/h6-10,12-13,20,26-27H,3-5,11H2,1-2H3/b21-19-. The van der Waals surface area contributed by atoms with Gasteiger partial charge in [-0.2, -0.15) is 0 Å². The molecule has 1 atom stereocenters. The predicted molar refractivity (Wildman–Crippen MR) is 115 cm³/mol. The van der Waals surface area contributed by atoms with Crippen LogP contribution in [0.15, 0.2) is 48.0 Å². The van der Waals surface area contributed by atoms with Gasteiger partial charge in [0.25, 0.3) is 11.7 Å². The Balaban J connectivity index is 2.15. The van der Waals surface area contributed by atoms with E-state index in [0.717, 1.165) is 19.3 Å². The summed E-state index contributed by atoms with van der Waals surface area (Å²) in [7, 11) is 1.44. The molecule has 7 heteroatoms. The number of nitrogens with zero attached hydrogens (tertiary/aromatic N) is 1. The zero-order valence-electron chi connectivity index (χ0n) is 16.9. The van der Waals surface area contributed by atoms with Gasteiger partial charge in [0.1, 0.15) is 5.76 Å². The number of unbranched alkanes of at least 4 members (excludes halogenated alkanes) is 2. The number of aliphatic hydroxyl groups excluding tert-OH is 1. The van der Waals surface area contributed by atoms with Crippen molar-refractivity contribution >= 4 is 29.1 Å². The van der Waals surface area contributed by atoms with Gasteiger partial charge in [-0.25, -0.2) is 0 Å². The first-order chi connectivity index (χ1) is 14.4. The maximum absolute atomic E-state index is 12.9. The number of ketones is 1. The number of methoxy groups -OCH3 is 1. The van der Waals surface area contributed by atoms with Gasteiger partial charge < -0.3 is 19.8 Å². The fourth-order valence-electron chi connectivity index (χ4n) is 3.66. The first-order valence-corrected chi connectivity index (χ1v) is 10.2. The summed E-state index contributed by atoms with van der Waals surface area (Å²) in [5, 5.41) is 21.6. The number of likely N-dealkylation sites (tertiary alicyclic amines) is 1. The summed E-state index contributed by atoms with van der Waals surface area (Å²) in [6.45, 7) is 2.41. The summed E-state index contributed by atoms with van der Waals surface area (Å²) >= 11 is 6.04. The Morgan fingerprint density at radius 2 is 1.93 bits per heavy atom. The van der Waals surface area contributed by atoms with Crippen molar-refractivity contribution in [3.05, 3.63) is 64.2 Å². The molecule has 3 rings (SSSR count). The lowest BCUT2D eigenvalue weighted by Crippen LogP contribution is -2.30. The summed E-state index contributed by atoms with van der Waals surface area (Å²) in [5.74, 6) is -1.57. The summed E-state index contributed by atoms with van der Waals surface area (Å²) in [5.41, 5.74) is 0.827. The molecule has 2 aromatic rings. The number of amides is 1. The number of benzene rings is 2. The number of phenols is 1. The monoisotopic (exact) mass is 429 g/mol. The van der Waals surface area contributed by atoms with Crippen LogP contribution in [-0.2, 0) is 9.59 Å². The van der Waals surface area contributed by atoms with Crippen LogP contribution in [-0.4, -0.2) is 40.5 Å². The zero-order chi connectivity index (χ0) is 21.8. The number of rotatable bonds is 7. The fourth-order valence-corrected chi connectivity index (χ4v) is 3.85. The van der Waals surface area contributed by atoms with Gasteiger partial charge >= 0.3 is 0 Å². The Kier molecular flexibility index (Phi) is 6.67. The van der Waals surface area contributed by atoms with E-state index in [4.69, 9.17) is 16.3 Å². The van der Waals surface area contributed by atoms with Crippen LogP contribution in [0.1, 0.15) is 43.4 Å². The fraction of sp³-hybridized carbons (Fsp3) is 0.304. The van der Waals surface area contributed by atoms with Crippen LogP contribution in [0.2, 0.25) is 5.02 Å². The van der Waals surface area contributed by atoms with Crippen molar-refractivity contribution in [3.8, 4) is 11.5 Å². The van der Waals surface area contributed by atoms with E-state index in [0.29, 0.717) is 22.7 Å². The van der Waals surface area contributed by atoms with Crippen LogP contribution in [0.4, 0.5) is 0 Å². The Hall–Kier alpha value is -2.99. The Morgan fingerprint density at radius 1 is 1.17 bits per heavy atom. The average molecular weight is 430 g/mol. The van der Waals surface area contributed by atoms with Gasteiger partial charge in [0.15, 0.2) is 11.5 Å². The van der Waals surface area contributed by atoms with E-state index in [1.807, 2.05) is 6.92 Å². The first kappa shape index (κ1) is 21.7. The topological polar surface area (TPSA) is 87.1 Å². The molecule has 1 unspecified atom stereocenters. The largest absolute Gasteiger partial charge is 0.507 e. The van der Waals surface area contributed by atoms with E-state index in [9.17, 15) is 19.8 Å². The van der Waals surface area contributed by atoms with Crippen molar-refractivity contribution in [1.29, 1.82) is 0 Å². The van der Waals surface area contributed by atoms with Crippen LogP contribution >= 0.6 is 11.6 Å². The third kappa shape index (κ3) is 4.14. The van der Waals surface area contributed by atoms with Gasteiger partial charge in [0.2, 0.25) is 0 Å². The Morgan fingerprint density at radius 3 is 2.57 bits per heavy atom. The van der Waals surface area contributed by atoms with Crippen LogP contribution in [0, 0.1) is 0 Å². The second-order valence-corrected chi connectivity index (χ2v) is 7.58. The number of carbonyl (C=O) groups excluding carboxylic acids is 2. The van der Waals surface area contributed by atoms with Gasteiger partial charge in [0, 0.05) is 17.1 Å². The number of hydrogen-bond donors (Lipinski definition) is 2. The molecule has 1 heterocycles. The summed E-state index contributed by atoms with van der Waals surface area (Å²) in [4.78, 5) is 27.2. The second-order valence-electron chi connectivity index (χ2n) is 7.14. The van der Waals surface area contributed by atoms with Gasteiger partial charge in [-0.3, -0.25) is 9.59 Å². The summed E-state index contributed by atoms with van der Waals surface area (Å²) < 4.78 is 5.09.